The van der Waals surface area contributed by atoms with Gasteiger partial charge in [0.1, 0.15) is 5.70 Å². The number of thioether (sulfide) groups is 1. The van der Waals surface area contributed by atoms with Crippen LogP contribution >= 0.6 is 23.1 Å². The van der Waals surface area contributed by atoms with Crippen molar-refractivity contribution in [2.45, 2.75) is 4.90 Å². The number of hydrogen-bond acceptors (Lipinski definition) is 4. The van der Waals surface area contributed by atoms with Gasteiger partial charge in [-0.2, -0.15) is 11.3 Å². The van der Waals surface area contributed by atoms with E-state index in [2.05, 4.69) is 10.6 Å². The Morgan fingerprint density at radius 1 is 1.00 bits per heavy atom. The van der Waals surface area contributed by atoms with E-state index in [0.717, 1.165) is 10.5 Å². The molecule has 1 aromatic heterocycles. The van der Waals surface area contributed by atoms with Crippen LogP contribution in [0.2, 0.25) is 0 Å². The van der Waals surface area contributed by atoms with Crippen LogP contribution in [0.5, 0.6) is 0 Å². The van der Waals surface area contributed by atoms with E-state index in [-0.39, 0.29) is 17.5 Å². The molecule has 0 radical (unpaired) electrons. The summed E-state index contributed by atoms with van der Waals surface area (Å²) < 4.78 is 0. The summed E-state index contributed by atoms with van der Waals surface area (Å²) in [6.45, 7) is 0. The van der Waals surface area contributed by atoms with Crippen molar-refractivity contribution in [2.24, 2.45) is 0 Å². The Hall–Kier alpha value is -2.83. The Balaban J connectivity index is 1.80. The topological polar surface area (TPSA) is 58.2 Å². The largest absolute Gasteiger partial charge is 0.321 e. The second-order valence-corrected chi connectivity index (χ2v) is 7.28. The van der Waals surface area contributed by atoms with Crippen LogP contribution in [0.3, 0.4) is 0 Å². The highest BCUT2D eigenvalue weighted by atomic mass is 32.2. The van der Waals surface area contributed by atoms with Crippen molar-refractivity contribution in [3.63, 3.8) is 0 Å². The lowest BCUT2D eigenvalue weighted by Gasteiger charge is -2.11. The van der Waals surface area contributed by atoms with Crippen molar-refractivity contribution in [3.8, 4) is 0 Å². The molecule has 0 saturated heterocycles. The van der Waals surface area contributed by atoms with E-state index in [1.165, 1.54) is 11.3 Å². The molecule has 3 aromatic rings. The average Bonchev–Trinajstić information content (AvgIpc) is 3.22. The predicted molar refractivity (Wildman–Crippen MR) is 113 cm³/mol. The van der Waals surface area contributed by atoms with Gasteiger partial charge in [0.25, 0.3) is 11.8 Å². The van der Waals surface area contributed by atoms with Crippen LogP contribution in [0, 0.1) is 0 Å². The first-order valence-corrected chi connectivity index (χ1v) is 10.4. The summed E-state index contributed by atoms with van der Waals surface area (Å²) in [6.07, 6.45) is 3.66. The number of carbonyl (C=O) groups excluding carboxylic acids is 2. The zero-order valence-electron chi connectivity index (χ0n) is 14.6. The molecule has 0 spiro atoms. The molecular weight excluding hydrogens is 376 g/mol. The molecule has 3 rings (SSSR count). The van der Waals surface area contributed by atoms with E-state index >= 15 is 0 Å². The molecule has 0 bridgehead atoms. The molecule has 2 aromatic carbocycles. The Labute approximate surface area is 166 Å². The van der Waals surface area contributed by atoms with Gasteiger partial charge in [-0.05, 0) is 71.1 Å². The standard InChI is InChI=1S/C21H18N2O2S2/c1-26-18-9-7-17(8-10-18)22-21(25)19(13-15-11-12-27-14-15)23-20(24)16-5-3-2-4-6-16/h2-14H,1H3,(H,22,25)(H,23,24)/b19-13-. The fourth-order valence-corrected chi connectivity index (χ4v) is 3.37. The minimum atomic E-state index is -0.373. The number of anilines is 1. The van der Waals surface area contributed by atoms with E-state index in [1.807, 2.05) is 53.4 Å². The van der Waals surface area contributed by atoms with Crippen LogP contribution in [0.15, 0.2) is 82.0 Å². The molecule has 27 heavy (non-hydrogen) atoms. The summed E-state index contributed by atoms with van der Waals surface area (Å²) in [5.74, 6) is -0.702. The molecule has 0 atom stereocenters. The third-order valence-electron chi connectivity index (χ3n) is 3.73. The molecule has 4 nitrogen and oxygen atoms in total. The van der Waals surface area contributed by atoms with Crippen LogP contribution < -0.4 is 10.6 Å². The first-order valence-electron chi connectivity index (χ1n) is 8.21. The zero-order chi connectivity index (χ0) is 19.1. The third-order valence-corrected chi connectivity index (χ3v) is 5.18. The van der Waals surface area contributed by atoms with Gasteiger partial charge in [0.05, 0.1) is 0 Å². The van der Waals surface area contributed by atoms with Gasteiger partial charge >= 0.3 is 0 Å². The van der Waals surface area contributed by atoms with Crippen LogP contribution in [0.1, 0.15) is 15.9 Å². The number of benzene rings is 2. The van der Waals surface area contributed by atoms with Gasteiger partial charge in [-0.3, -0.25) is 9.59 Å². The fraction of sp³-hybridized carbons (Fsp3) is 0.0476. The number of amides is 2. The van der Waals surface area contributed by atoms with E-state index in [0.29, 0.717) is 11.3 Å². The average molecular weight is 395 g/mol. The van der Waals surface area contributed by atoms with Gasteiger partial charge in [0.2, 0.25) is 0 Å². The minimum absolute atomic E-state index is 0.191. The van der Waals surface area contributed by atoms with Crippen molar-refractivity contribution in [1.29, 1.82) is 0 Å². The van der Waals surface area contributed by atoms with Crippen molar-refractivity contribution in [1.82, 2.24) is 5.32 Å². The summed E-state index contributed by atoms with van der Waals surface area (Å²) in [7, 11) is 0. The maximum Gasteiger partial charge on any atom is 0.272 e. The van der Waals surface area contributed by atoms with Gasteiger partial charge in [-0.1, -0.05) is 18.2 Å². The van der Waals surface area contributed by atoms with E-state index < -0.39 is 0 Å². The van der Waals surface area contributed by atoms with Crippen LogP contribution in [-0.4, -0.2) is 18.1 Å². The quantitative estimate of drug-likeness (QED) is 0.463. The second-order valence-electron chi connectivity index (χ2n) is 5.62. The molecule has 0 fully saturated rings. The van der Waals surface area contributed by atoms with Crippen molar-refractivity contribution in [3.05, 3.63) is 88.2 Å². The Morgan fingerprint density at radius 2 is 1.74 bits per heavy atom. The summed E-state index contributed by atoms with van der Waals surface area (Å²) in [6, 6.07) is 18.2. The molecule has 6 heteroatoms. The SMILES string of the molecule is CSc1ccc(NC(=O)/C(=C/c2ccsc2)NC(=O)c2ccccc2)cc1. The Morgan fingerprint density at radius 3 is 2.37 bits per heavy atom. The molecule has 0 aliphatic rings. The molecular formula is C21H18N2O2S2. The maximum atomic E-state index is 12.8. The third kappa shape index (κ3) is 5.32. The highest BCUT2D eigenvalue weighted by molar-refractivity contribution is 7.98. The summed E-state index contributed by atoms with van der Waals surface area (Å²) in [5.41, 5.74) is 2.21. The lowest BCUT2D eigenvalue weighted by Crippen LogP contribution is -2.30. The summed E-state index contributed by atoms with van der Waals surface area (Å²) in [4.78, 5) is 26.4. The molecule has 136 valence electrons. The number of nitrogens with one attached hydrogen (secondary N) is 2. The Bertz CT molecular complexity index is 934. The van der Waals surface area contributed by atoms with Crippen LogP contribution in [0.25, 0.3) is 6.08 Å². The van der Waals surface area contributed by atoms with E-state index in [4.69, 9.17) is 0 Å². The van der Waals surface area contributed by atoms with Crippen LogP contribution in [-0.2, 0) is 4.79 Å². The smallest absolute Gasteiger partial charge is 0.272 e. The molecule has 2 N–H and O–H groups in total. The van der Waals surface area contributed by atoms with E-state index in [9.17, 15) is 9.59 Å². The normalized spacial score (nSPS) is 11.1. The molecule has 0 aliphatic carbocycles. The minimum Gasteiger partial charge on any atom is -0.321 e. The van der Waals surface area contributed by atoms with Gasteiger partial charge in [-0.25, -0.2) is 0 Å². The van der Waals surface area contributed by atoms with Crippen molar-refractivity contribution in [2.75, 3.05) is 11.6 Å². The molecule has 0 aliphatic heterocycles. The van der Waals surface area contributed by atoms with Gasteiger partial charge in [0, 0.05) is 16.1 Å². The first-order chi connectivity index (χ1) is 13.2. The predicted octanol–water partition coefficient (Wildman–Crippen LogP) is 4.88. The maximum absolute atomic E-state index is 12.8. The summed E-state index contributed by atoms with van der Waals surface area (Å²) >= 11 is 3.16. The van der Waals surface area contributed by atoms with Crippen molar-refractivity contribution < 1.29 is 9.59 Å². The lowest BCUT2D eigenvalue weighted by atomic mass is 10.2. The highest BCUT2D eigenvalue weighted by Crippen LogP contribution is 2.18. The van der Waals surface area contributed by atoms with Gasteiger partial charge in [-0.15, -0.1) is 11.8 Å². The van der Waals surface area contributed by atoms with E-state index in [1.54, 1.807) is 42.1 Å². The highest BCUT2D eigenvalue weighted by Gasteiger charge is 2.15. The zero-order valence-corrected chi connectivity index (χ0v) is 16.3. The molecule has 2 amide bonds. The molecule has 0 unspecified atom stereocenters. The fourth-order valence-electron chi connectivity index (χ4n) is 2.34. The Kier molecular flexibility index (Phi) is 6.46. The molecule has 1 heterocycles. The number of thiophene rings is 1. The molecule has 0 saturated carbocycles. The summed E-state index contributed by atoms with van der Waals surface area (Å²) in [5, 5.41) is 9.39. The van der Waals surface area contributed by atoms with Crippen LogP contribution in [0.4, 0.5) is 5.69 Å². The monoisotopic (exact) mass is 394 g/mol. The first kappa shape index (κ1) is 18.9. The number of carbonyl (C=O) groups is 2. The lowest BCUT2D eigenvalue weighted by molar-refractivity contribution is -0.113. The van der Waals surface area contributed by atoms with Gasteiger partial charge < -0.3 is 10.6 Å². The number of hydrogen-bond donors (Lipinski definition) is 2. The number of rotatable bonds is 6. The van der Waals surface area contributed by atoms with Gasteiger partial charge in [0.15, 0.2) is 0 Å². The second kappa shape index (κ2) is 9.21. The van der Waals surface area contributed by atoms with Crippen molar-refractivity contribution >= 4 is 46.7 Å².